The summed E-state index contributed by atoms with van der Waals surface area (Å²) in [6.45, 7) is 0. The molecule has 1 amide bonds. The summed E-state index contributed by atoms with van der Waals surface area (Å²) in [4.78, 5) is 14.9. The largest absolute Gasteiger partial charge is 0.497 e. The second kappa shape index (κ2) is 6.27. The molecule has 0 radical (unpaired) electrons. The highest BCUT2D eigenvalue weighted by Crippen LogP contribution is 2.40. The molecule has 0 spiro atoms. The van der Waals surface area contributed by atoms with Crippen molar-refractivity contribution in [3.05, 3.63) is 23.8 Å². The van der Waals surface area contributed by atoms with Crippen LogP contribution in [0.1, 0.15) is 36.0 Å². The van der Waals surface area contributed by atoms with Gasteiger partial charge in [0.05, 0.1) is 25.0 Å². The lowest BCUT2D eigenvalue weighted by molar-refractivity contribution is 0.0595. The Kier molecular flexibility index (Phi) is 4.46. The summed E-state index contributed by atoms with van der Waals surface area (Å²) >= 11 is 0. The minimum absolute atomic E-state index is 0.0113. The number of sulfone groups is 1. The van der Waals surface area contributed by atoms with Crippen molar-refractivity contribution in [2.45, 2.75) is 43.0 Å². The summed E-state index contributed by atoms with van der Waals surface area (Å²) < 4.78 is 34.3. The van der Waals surface area contributed by atoms with Gasteiger partial charge in [-0.2, -0.15) is 0 Å². The smallest absolute Gasteiger partial charge is 0.258 e. The van der Waals surface area contributed by atoms with Crippen LogP contribution in [-0.2, 0) is 9.84 Å². The van der Waals surface area contributed by atoms with Gasteiger partial charge >= 0.3 is 0 Å². The van der Waals surface area contributed by atoms with Crippen molar-refractivity contribution in [1.82, 2.24) is 4.90 Å². The van der Waals surface area contributed by atoms with Gasteiger partial charge in [-0.3, -0.25) is 4.79 Å². The highest BCUT2D eigenvalue weighted by atomic mass is 32.2. The van der Waals surface area contributed by atoms with Gasteiger partial charge in [-0.05, 0) is 37.8 Å². The number of amides is 1. The molecule has 132 valence electrons. The van der Waals surface area contributed by atoms with Gasteiger partial charge < -0.3 is 14.4 Å². The van der Waals surface area contributed by atoms with Crippen molar-refractivity contribution in [2.75, 3.05) is 20.5 Å². The second-order valence-electron chi connectivity index (χ2n) is 6.59. The molecule has 6 nitrogen and oxygen atoms in total. The topological polar surface area (TPSA) is 72.9 Å². The van der Waals surface area contributed by atoms with Gasteiger partial charge in [-0.1, -0.05) is 0 Å². The van der Waals surface area contributed by atoms with E-state index in [0.717, 1.165) is 12.8 Å². The molecule has 3 rings (SSSR count). The molecule has 2 atom stereocenters. The van der Waals surface area contributed by atoms with Crippen LogP contribution in [0, 0.1) is 0 Å². The first-order valence-electron chi connectivity index (χ1n) is 8.08. The van der Waals surface area contributed by atoms with E-state index in [-0.39, 0.29) is 23.2 Å². The lowest BCUT2D eigenvalue weighted by Gasteiger charge is -2.38. The van der Waals surface area contributed by atoms with Gasteiger partial charge in [0.25, 0.3) is 5.91 Å². The van der Waals surface area contributed by atoms with E-state index in [4.69, 9.17) is 9.47 Å². The van der Waals surface area contributed by atoms with Crippen molar-refractivity contribution in [1.29, 1.82) is 0 Å². The molecule has 0 saturated carbocycles. The third-order valence-electron chi connectivity index (χ3n) is 5.17. The first-order valence-corrected chi connectivity index (χ1v) is 10.0. The van der Waals surface area contributed by atoms with E-state index < -0.39 is 9.84 Å². The van der Waals surface area contributed by atoms with Gasteiger partial charge in [-0.25, -0.2) is 8.42 Å². The molecule has 2 heterocycles. The minimum atomic E-state index is -3.07. The molecule has 0 aromatic heterocycles. The monoisotopic (exact) mass is 353 g/mol. The lowest BCUT2D eigenvalue weighted by atomic mass is 10.0. The van der Waals surface area contributed by atoms with E-state index in [1.165, 1.54) is 13.4 Å². The van der Waals surface area contributed by atoms with E-state index in [1.807, 2.05) is 4.90 Å². The Labute approximate surface area is 142 Å². The van der Waals surface area contributed by atoms with Crippen LogP contribution in [0.4, 0.5) is 0 Å². The number of piperidine rings is 1. The normalized spacial score (nSPS) is 26.3. The number of methoxy groups -OCH3 is 2. The summed E-state index contributed by atoms with van der Waals surface area (Å²) in [6, 6.07) is 5.12. The Morgan fingerprint density at radius 1 is 1.12 bits per heavy atom. The quantitative estimate of drug-likeness (QED) is 0.826. The molecule has 1 aromatic carbocycles. The molecule has 2 unspecified atom stereocenters. The van der Waals surface area contributed by atoms with Gasteiger partial charge in [0.2, 0.25) is 0 Å². The lowest BCUT2D eigenvalue weighted by Crippen LogP contribution is -2.49. The molecule has 24 heavy (non-hydrogen) atoms. The van der Waals surface area contributed by atoms with Gasteiger partial charge in [0.1, 0.15) is 21.3 Å². The Bertz CT molecular complexity index is 731. The SMILES string of the molecule is COc1ccc(C(=O)N2C3CCC2CC(S(C)(=O)=O)C3)c(OC)c1. The summed E-state index contributed by atoms with van der Waals surface area (Å²) in [5, 5.41) is -0.336. The van der Waals surface area contributed by atoms with Crippen molar-refractivity contribution >= 4 is 15.7 Å². The average Bonchev–Trinajstić information content (AvgIpc) is 2.81. The molecule has 0 N–H and O–H groups in total. The number of carbonyl (C=O) groups is 1. The molecule has 0 aliphatic carbocycles. The van der Waals surface area contributed by atoms with Gasteiger partial charge in [0, 0.05) is 24.4 Å². The maximum atomic E-state index is 13.1. The molecule has 7 heteroatoms. The minimum Gasteiger partial charge on any atom is -0.497 e. The third kappa shape index (κ3) is 2.97. The Hall–Kier alpha value is -1.76. The molecule has 2 bridgehead atoms. The third-order valence-corrected chi connectivity index (χ3v) is 6.76. The maximum absolute atomic E-state index is 13.1. The van der Waals surface area contributed by atoms with Gasteiger partial charge in [-0.15, -0.1) is 0 Å². The fourth-order valence-corrected chi connectivity index (χ4v) is 5.07. The fraction of sp³-hybridized carbons (Fsp3) is 0.588. The average molecular weight is 353 g/mol. The zero-order valence-corrected chi connectivity index (χ0v) is 15.0. The molecular formula is C17H23NO5S. The Balaban J connectivity index is 1.87. The Morgan fingerprint density at radius 2 is 1.75 bits per heavy atom. The molecule has 2 aliphatic heterocycles. The summed E-state index contributed by atoms with van der Waals surface area (Å²) in [5.74, 6) is 1.01. The molecule has 2 aliphatic rings. The summed E-state index contributed by atoms with van der Waals surface area (Å²) in [7, 11) is 0.0193. The van der Waals surface area contributed by atoms with Gasteiger partial charge in [0.15, 0.2) is 0 Å². The van der Waals surface area contributed by atoms with E-state index in [1.54, 1.807) is 25.3 Å². The Morgan fingerprint density at radius 3 is 2.25 bits per heavy atom. The number of benzene rings is 1. The second-order valence-corrected chi connectivity index (χ2v) is 8.91. The predicted molar refractivity (Wildman–Crippen MR) is 90.4 cm³/mol. The number of rotatable bonds is 4. The van der Waals surface area contributed by atoms with E-state index in [9.17, 15) is 13.2 Å². The van der Waals surface area contributed by atoms with Crippen LogP contribution < -0.4 is 9.47 Å². The predicted octanol–water partition coefficient (Wildman–Crippen LogP) is 1.88. The zero-order valence-electron chi connectivity index (χ0n) is 14.2. The van der Waals surface area contributed by atoms with Crippen molar-refractivity contribution in [2.24, 2.45) is 0 Å². The number of carbonyl (C=O) groups excluding carboxylic acids is 1. The highest BCUT2D eigenvalue weighted by molar-refractivity contribution is 7.91. The summed E-state index contributed by atoms with van der Waals surface area (Å²) in [6.07, 6.45) is 4.07. The number of nitrogens with zero attached hydrogens (tertiary/aromatic N) is 1. The van der Waals surface area contributed by atoms with Crippen molar-refractivity contribution in [3.8, 4) is 11.5 Å². The van der Waals surface area contributed by atoms with Crippen LogP contribution >= 0.6 is 0 Å². The highest BCUT2D eigenvalue weighted by Gasteiger charge is 2.46. The van der Waals surface area contributed by atoms with Crippen LogP contribution in [0.2, 0.25) is 0 Å². The molecule has 2 fully saturated rings. The number of hydrogen-bond donors (Lipinski definition) is 0. The van der Waals surface area contributed by atoms with Crippen molar-refractivity contribution in [3.63, 3.8) is 0 Å². The van der Waals surface area contributed by atoms with E-state index in [0.29, 0.717) is 29.9 Å². The molecule has 2 saturated heterocycles. The zero-order chi connectivity index (χ0) is 17.5. The van der Waals surface area contributed by atoms with Crippen molar-refractivity contribution < 1.29 is 22.7 Å². The van der Waals surface area contributed by atoms with Crippen LogP contribution in [0.25, 0.3) is 0 Å². The number of ether oxygens (including phenoxy) is 2. The first kappa shape index (κ1) is 17.1. The van der Waals surface area contributed by atoms with Crippen LogP contribution in [-0.4, -0.2) is 57.0 Å². The van der Waals surface area contributed by atoms with Crippen LogP contribution in [0.15, 0.2) is 18.2 Å². The molecular weight excluding hydrogens is 330 g/mol. The van der Waals surface area contributed by atoms with Crippen LogP contribution in [0.3, 0.4) is 0 Å². The van der Waals surface area contributed by atoms with E-state index in [2.05, 4.69) is 0 Å². The number of fused-ring (bicyclic) bond motifs is 2. The maximum Gasteiger partial charge on any atom is 0.258 e. The van der Waals surface area contributed by atoms with E-state index >= 15 is 0 Å². The fourth-order valence-electron chi connectivity index (χ4n) is 3.92. The molecule has 1 aromatic rings. The standard InChI is InChI=1S/C17H23NO5S/c1-22-13-6-7-15(16(10-13)23-2)17(19)18-11-4-5-12(18)9-14(8-11)24(3,20)21/h6-7,10-12,14H,4-5,8-9H2,1-3H3. The summed E-state index contributed by atoms with van der Waals surface area (Å²) in [5.41, 5.74) is 0.494. The van der Waals surface area contributed by atoms with Crippen LogP contribution in [0.5, 0.6) is 11.5 Å². The number of hydrogen-bond acceptors (Lipinski definition) is 5. The first-order chi connectivity index (χ1) is 11.3.